The van der Waals surface area contributed by atoms with Crippen LogP contribution in [0.25, 0.3) is 0 Å². The fourth-order valence-corrected chi connectivity index (χ4v) is 3.05. The van der Waals surface area contributed by atoms with E-state index >= 15 is 0 Å². The number of hydrogen-bond donors (Lipinski definition) is 0. The number of carbonyl (C=O) groups excluding carboxylic acids is 1. The highest BCUT2D eigenvalue weighted by Crippen LogP contribution is 2.22. The number of pyridine rings is 1. The molecule has 3 nitrogen and oxygen atoms in total. The van der Waals surface area contributed by atoms with Crippen molar-refractivity contribution in [1.82, 2.24) is 4.98 Å². The summed E-state index contributed by atoms with van der Waals surface area (Å²) in [5.74, 6) is -0.355. The molecule has 3 heteroatoms. The van der Waals surface area contributed by atoms with Gasteiger partial charge in [-0.15, -0.1) is 0 Å². The summed E-state index contributed by atoms with van der Waals surface area (Å²) in [6.45, 7) is 4.25. The lowest BCUT2D eigenvalue weighted by Gasteiger charge is -2.16. The number of aryl methyl sites for hydroxylation is 1. The third-order valence-electron chi connectivity index (χ3n) is 4.64. The van der Waals surface area contributed by atoms with Crippen LogP contribution < -0.4 is 0 Å². The zero-order valence-electron chi connectivity index (χ0n) is 16.1. The van der Waals surface area contributed by atoms with Crippen LogP contribution in [0.4, 0.5) is 0 Å². The number of esters is 1. The van der Waals surface area contributed by atoms with Crippen molar-refractivity contribution in [1.29, 1.82) is 0 Å². The SMILES string of the molecule is CCCCCCCCc1ccc(C(=O)OC(CC)c2ccccc2)nc1. The largest absolute Gasteiger partial charge is 0.453 e. The van der Waals surface area contributed by atoms with Gasteiger partial charge in [0, 0.05) is 6.20 Å². The van der Waals surface area contributed by atoms with Crippen LogP contribution in [-0.2, 0) is 11.2 Å². The molecule has 2 rings (SSSR count). The molecule has 2 aromatic rings. The first-order valence-corrected chi connectivity index (χ1v) is 9.95. The summed E-state index contributed by atoms with van der Waals surface area (Å²) in [6, 6.07) is 13.6. The summed E-state index contributed by atoms with van der Waals surface area (Å²) >= 11 is 0. The van der Waals surface area contributed by atoms with Gasteiger partial charge in [-0.2, -0.15) is 0 Å². The monoisotopic (exact) mass is 353 g/mol. The number of nitrogens with zero attached hydrogens (tertiary/aromatic N) is 1. The molecule has 1 atom stereocenters. The molecule has 0 N–H and O–H groups in total. The van der Waals surface area contributed by atoms with Gasteiger partial charge in [0.15, 0.2) is 0 Å². The number of aromatic nitrogens is 1. The van der Waals surface area contributed by atoms with Crippen molar-refractivity contribution in [2.75, 3.05) is 0 Å². The Morgan fingerprint density at radius 3 is 2.35 bits per heavy atom. The number of ether oxygens (including phenoxy) is 1. The molecule has 26 heavy (non-hydrogen) atoms. The Labute approximate surface area is 157 Å². The Bertz CT molecular complexity index is 637. The van der Waals surface area contributed by atoms with Gasteiger partial charge in [-0.1, -0.05) is 82.3 Å². The second-order valence-electron chi connectivity index (χ2n) is 6.78. The fourth-order valence-electron chi connectivity index (χ4n) is 3.05. The minimum Gasteiger partial charge on any atom is -0.453 e. The fraction of sp³-hybridized carbons (Fsp3) is 0.478. The van der Waals surface area contributed by atoms with E-state index < -0.39 is 0 Å². The predicted octanol–water partition coefficient (Wildman–Crippen LogP) is 6.29. The molecule has 0 saturated heterocycles. The number of benzene rings is 1. The summed E-state index contributed by atoms with van der Waals surface area (Å²) in [4.78, 5) is 16.7. The molecule has 0 aliphatic rings. The minimum absolute atomic E-state index is 0.228. The Hall–Kier alpha value is -2.16. The lowest BCUT2D eigenvalue weighted by Crippen LogP contribution is -2.12. The number of carbonyl (C=O) groups is 1. The Morgan fingerprint density at radius 1 is 0.962 bits per heavy atom. The molecule has 0 aliphatic heterocycles. The van der Waals surface area contributed by atoms with E-state index in [4.69, 9.17) is 4.74 Å². The first-order valence-electron chi connectivity index (χ1n) is 9.95. The molecule has 0 aliphatic carbocycles. The van der Waals surface area contributed by atoms with E-state index in [1.807, 2.05) is 49.5 Å². The summed E-state index contributed by atoms with van der Waals surface area (Å²) < 4.78 is 5.65. The van der Waals surface area contributed by atoms with Gasteiger partial charge >= 0.3 is 5.97 Å². The minimum atomic E-state index is -0.355. The van der Waals surface area contributed by atoms with E-state index in [1.54, 1.807) is 6.07 Å². The topological polar surface area (TPSA) is 39.2 Å². The van der Waals surface area contributed by atoms with Gasteiger partial charge in [0.2, 0.25) is 0 Å². The highest BCUT2D eigenvalue weighted by Gasteiger charge is 2.17. The van der Waals surface area contributed by atoms with Gasteiger partial charge < -0.3 is 4.74 Å². The molecule has 1 aromatic heterocycles. The predicted molar refractivity (Wildman–Crippen MR) is 106 cm³/mol. The van der Waals surface area contributed by atoms with E-state index in [0.717, 1.165) is 18.4 Å². The number of hydrogen-bond acceptors (Lipinski definition) is 3. The highest BCUT2D eigenvalue weighted by molar-refractivity contribution is 5.87. The van der Waals surface area contributed by atoms with Crippen LogP contribution >= 0.6 is 0 Å². The van der Waals surface area contributed by atoms with E-state index in [9.17, 15) is 4.79 Å². The lowest BCUT2D eigenvalue weighted by molar-refractivity contribution is 0.0281. The number of rotatable bonds is 11. The number of unbranched alkanes of at least 4 members (excludes halogenated alkanes) is 5. The Kier molecular flexibility index (Phi) is 8.88. The van der Waals surface area contributed by atoms with Crippen LogP contribution in [0.15, 0.2) is 48.7 Å². The van der Waals surface area contributed by atoms with Crippen LogP contribution in [0, 0.1) is 0 Å². The third kappa shape index (κ3) is 6.62. The van der Waals surface area contributed by atoms with Crippen molar-refractivity contribution in [3.05, 3.63) is 65.5 Å². The van der Waals surface area contributed by atoms with Gasteiger partial charge in [-0.3, -0.25) is 0 Å². The molecular weight excluding hydrogens is 322 g/mol. The van der Waals surface area contributed by atoms with Crippen LogP contribution in [0.1, 0.15) is 86.5 Å². The maximum Gasteiger partial charge on any atom is 0.357 e. The van der Waals surface area contributed by atoms with Gasteiger partial charge in [0.05, 0.1) is 0 Å². The van der Waals surface area contributed by atoms with Crippen LogP contribution in [-0.4, -0.2) is 11.0 Å². The molecule has 1 unspecified atom stereocenters. The normalized spacial score (nSPS) is 11.9. The molecule has 0 amide bonds. The molecule has 0 spiro atoms. The molecule has 0 radical (unpaired) electrons. The molecule has 0 bridgehead atoms. The summed E-state index contributed by atoms with van der Waals surface area (Å²) in [5.41, 5.74) is 2.58. The molecule has 1 aromatic carbocycles. The first kappa shape index (κ1) is 20.2. The maximum atomic E-state index is 12.4. The van der Waals surface area contributed by atoms with Crippen LogP contribution in [0.3, 0.4) is 0 Å². The van der Waals surface area contributed by atoms with Gasteiger partial charge in [-0.05, 0) is 36.5 Å². The van der Waals surface area contributed by atoms with Crippen molar-refractivity contribution in [2.45, 2.75) is 71.3 Å². The van der Waals surface area contributed by atoms with Crippen LogP contribution in [0.5, 0.6) is 0 Å². The van der Waals surface area contributed by atoms with Crippen molar-refractivity contribution in [3.63, 3.8) is 0 Å². The average molecular weight is 354 g/mol. The molecule has 1 heterocycles. The van der Waals surface area contributed by atoms with Gasteiger partial charge in [-0.25, -0.2) is 9.78 Å². The van der Waals surface area contributed by atoms with E-state index in [2.05, 4.69) is 11.9 Å². The van der Waals surface area contributed by atoms with Crippen molar-refractivity contribution < 1.29 is 9.53 Å². The van der Waals surface area contributed by atoms with E-state index in [1.165, 1.54) is 44.1 Å². The van der Waals surface area contributed by atoms with Crippen molar-refractivity contribution in [3.8, 4) is 0 Å². The van der Waals surface area contributed by atoms with E-state index in [0.29, 0.717) is 5.69 Å². The van der Waals surface area contributed by atoms with E-state index in [-0.39, 0.29) is 12.1 Å². The molecule has 0 fully saturated rings. The second-order valence-corrected chi connectivity index (χ2v) is 6.78. The maximum absolute atomic E-state index is 12.4. The molecule has 140 valence electrons. The smallest absolute Gasteiger partial charge is 0.357 e. The first-order chi connectivity index (χ1) is 12.7. The summed E-state index contributed by atoms with van der Waals surface area (Å²) in [5, 5.41) is 0. The third-order valence-corrected chi connectivity index (χ3v) is 4.64. The zero-order valence-corrected chi connectivity index (χ0v) is 16.1. The summed E-state index contributed by atoms with van der Waals surface area (Å²) in [6.07, 6.45) is 11.1. The Morgan fingerprint density at radius 2 is 1.69 bits per heavy atom. The average Bonchev–Trinajstić information content (AvgIpc) is 2.69. The molecular formula is C23H31NO2. The van der Waals surface area contributed by atoms with Crippen LogP contribution in [0.2, 0.25) is 0 Å². The molecule has 0 saturated carbocycles. The zero-order chi connectivity index (χ0) is 18.6. The van der Waals surface area contributed by atoms with Gasteiger partial charge in [0.1, 0.15) is 11.8 Å². The Balaban J connectivity index is 1.82. The second kappa shape index (κ2) is 11.5. The lowest BCUT2D eigenvalue weighted by atomic mass is 10.1. The van der Waals surface area contributed by atoms with Crippen molar-refractivity contribution >= 4 is 5.97 Å². The summed E-state index contributed by atoms with van der Waals surface area (Å²) in [7, 11) is 0. The van der Waals surface area contributed by atoms with Gasteiger partial charge in [0.25, 0.3) is 0 Å². The van der Waals surface area contributed by atoms with Crippen molar-refractivity contribution in [2.24, 2.45) is 0 Å². The quantitative estimate of drug-likeness (QED) is 0.352. The standard InChI is InChI=1S/C23H31NO2/c1-3-5-6-7-8-10-13-19-16-17-21(24-18-19)23(25)26-22(4-2)20-14-11-9-12-15-20/h9,11-12,14-18,22H,3-8,10,13H2,1-2H3. The highest BCUT2D eigenvalue weighted by atomic mass is 16.5.